The second kappa shape index (κ2) is 6.45. The van der Waals surface area contributed by atoms with Crippen LogP contribution in [0.15, 0.2) is 47.4 Å². The van der Waals surface area contributed by atoms with Crippen molar-refractivity contribution in [2.75, 3.05) is 0 Å². The van der Waals surface area contributed by atoms with Gasteiger partial charge in [0.25, 0.3) is 0 Å². The standard InChI is InChI=1S/C20H16ClF3O2S/c21-14-4-1-11(2-5-14)12(7-18(25)26)9-19-10-16(19)15-8-13(20(22,23)24)3-6-17(15)27-19/h1-6,8,12,16H,7,9-10H2,(H,25,26). The number of halogens is 4. The minimum Gasteiger partial charge on any atom is -0.481 e. The molecule has 7 heteroatoms. The van der Waals surface area contributed by atoms with Crippen LogP contribution in [-0.2, 0) is 11.0 Å². The molecule has 2 nitrogen and oxygen atoms in total. The van der Waals surface area contributed by atoms with E-state index in [0.717, 1.165) is 28.5 Å². The fourth-order valence-corrected chi connectivity index (χ4v) is 5.86. The van der Waals surface area contributed by atoms with Crippen molar-refractivity contribution in [1.29, 1.82) is 0 Å². The van der Waals surface area contributed by atoms with Crippen LogP contribution < -0.4 is 0 Å². The van der Waals surface area contributed by atoms with E-state index in [2.05, 4.69) is 0 Å². The van der Waals surface area contributed by atoms with Crippen LogP contribution in [0.1, 0.15) is 47.8 Å². The molecule has 1 N–H and O–H groups in total. The predicted molar refractivity (Wildman–Crippen MR) is 98.5 cm³/mol. The maximum atomic E-state index is 13.0. The fourth-order valence-electron chi connectivity index (χ4n) is 4.04. The van der Waals surface area contributed by atoms with Crippen molar-refractivity contribution in [2.45, 2.75) is 46.9 Å². The van der Waals surface area contributed by atoms with Gasteiger partial charge in [-0.15, -0.1) is 11.8 Å². The number of fused-ring (bicyclic) bond motifs is 3. The maximum Gasteiger partial charge on any atom is 0.416 e. The molecule has 2 aromatic carbocycles. The number of carboxylic acids is 1. The van der Waals surface area contributed by atoms with E-state index in [9.17, 15) is 23.1 Å². The summed E-state index contributed by atoms with van der Waals surface area (Å²) in [6.45, 7) is 0. The van der Waals surface area contributed by atoms with Crippen LogP contribution in [0.3, 0.4) is 0 Å². The number of benzene rings is 2. The number of hydrogen-bond acceptors (Lipinski definition) is 2. The normalized spacial score (nSPS) is 24.2. The van der Waals surface area contributed by atoms with E-state index in [4.69, 9.17) is 11.6 Å². The highest BCUT2D eigenvalue weighted by atomic mass is 35.5. The van der Waals surface area contributed by atoms with E-state index >= 15 is 0 Å². The molecular formula is C20H16ClF3O2S. The van der Waals surface area contributed by atoms with E-state index in [1.807, 2.05) is 12.1 Å². The topological polar surface area (TPSA) is 37.3 Å². The molecule has 142 valence electrons. The summed E-state index contributed by atoms with van der Waals surface area (Å²) < 4.78 is 38.8. The van der Waals surface area contributed by atoms with Crippen LogP contribution >= 0.6 is 23.4 Å². The van der Waals surface area contributed by atoms with Gasteiger partial charge in [-0.3, -0.25) is 4.79 Å². The Balaban J connectivity index is 1.58. The third-order valence-electron chi connectivity index (χ3n) is 5.40. The zero-order valence-corrected chi connectivity index (χ0v) is 15.7. The summed E-state index contributed by atoms with van der Waals surface area (Å²) in [5.41, 5.74) is 1.03. The first-order chi connectivity index (χ1) is 12.7. The molecule has 1 saturated carbocycles. The highest BCUT2D eigenvalue weighted by Crippen LogP contribution is 2.72. The molecule has 0 radical (unpaired) electrons. The highest BCUT2D eigenvalue weighted by Gasteiger charge is 2.61. The largest absolute Gasteiger partial charge is 0.481 e. The molecule has 1 fully saturated rings. The Morgan fingerprint density at radius 1 is 1.26 bits per heavy atom. The molecule has 0 spiro atoms. The van der Waals surface area contributed by atoms with E-state index in [1.165, 1.54) is 6.07 Å². The number of carbonyl (C=O) groups is 1. The van der Waals surface area contributed by atoms with E-state index in [-0.39, 0.29) is 23.0 Å². The average molecular weight is 413 g/mol. The van der Waals surface area contributed by atoms with Crippen LogP contribution in [0, 0.1) is 0 Å². The first kappa shape index (κ1) is 18.7. The Bertz CT molecular complexity index is 897. The van der Waals surface area contributed by atoms with Gasteiger partial charge < -0.3 is 5.11 Å². The Hall–Kier alpha value is -1.66. The lowest BCUT2D eigenvalue weighted by Gasteiger charge is -2.21. The number of rotatable bonds is 5. The molecule has 0 aromatic heterocycles. The van der Waals surface area contributed by atoms with Crippen LogP contribution in [0.4, 0.5) is 13.2 Å². The molecule has 27 heavy (non-hydrogen) atoms. The van der Waals surface area contributed by atoms with Crippen LogP contribution in [-0.4, -0.2) is 15.8 Å². The minimum atomic E-state index is -4.35. The summed E-state index contributed by atoms with van der Waals surface area (Å²) >= 11 is 7.53. The molecule has 2 aliphatic rings. The summed E-state index contributed by atoms with van der Waals surface area (Å²) in [4.78, 5) is 12.2. The van der Waals surface area contributed by atoms with Crippen molar-refractivity contribution in [1.82, 2.24) is 0 Å². The first-order valence-corrected chi connectivity index (χ1v) is 9.75. The molecule has 3 unspecified atom stereocenters. The Morgan fingerprint density at radius 2 is 1.96 bits per heavy atom. The van der Waals surface area contributed by atoms with E-state index < -0.39 is 17.7 Å². The van der Waals surface area contributed by atoms with Crippen molar-refractivity contribution in [3.05, 3.63) is 64.2 Å². The monoisotopic (exact) mass is 412 g/mol. The van der Waals surface area contributed by atoms with Crippen molar-refractivity contribution in [3.63, 3.8) is 0 Å². The number of carboxylic acid groups (broad SMARTS) is 1. The van der Waals surface area contributed by atoms with Crippen molar-refractivity contribution in [3.8, 4) is 0 Å². The molecule has 1 heterocycles. The average Bonchev–Trinajstić information content (AvgIpc) is 3.19. The summed E-state index contributed by atoms with van der Waals surface area (Å²) in [6, 6.07) is 11.1. The third kappa shape index (κ3) is 3.57. The second-order valence-electron chi connectivity index (χ2n) is 7.22. The van der Waals surface area contributed by atoms with E-state index in [0.29, 0.717) is 11.4 Å². The Morgan fingerprint density at radius 3 is 2.59 bits per heavy atom. The summed E-state index contributed by atoms with van der Waals surface area (Å²) in [5, 5.41) is 9.89. The fraction of sp³-hybridized carbons (Fsp3) is 0.350. The molecule has 1 aliphatic heterocycles. The van der Waals surface area contributed by atoms with Crippen LogP contribution in [0.2, 0.25) is 5.02 Å². The summed E-state index contributed by atoms with van der Waals surface area (Å²) in [6.07, 6.45) is -2.96. The molecule has 0 amide bonds. The molecule has 1 aliphatic carbocycles. The van der Waals surface area contributed by atoms with Crippen molar-refractivity contribution in [2.24, 2.45) is 0 Å². The SMILES string of the molecule is O=C(O)CC(CC12CC1c1cc(C(F)(F)F)ccc1S2)c1ccc(Cl)cc1. The summed E-state index contributed by atoms with van der Waals surface area (Å²) in [5.74, 6) is -1.03. The molecule has 0 saturated heterocycles. The van der Waals surface area contributed by atoms with Gasteiger partial charge in [0.15, 0.2) is 0 Å². The number of alkyl halides is 3. The van der Waals surface area contributed by atoms with Gasteiger partial charge in [-0.05, 0) is 60.2 Å². The van der Waals surface area contributed by atoms with Gasteiger partial charge in [0.1, 0.15) is 0 Å². The van der Waals surface area contributed by atoms with Gasteiger partial charge in [0.2, 0.25) is 0 Å². The third-order valence-corrected chi connectivity index (χ3v) is 7.27. The molecule has 3 atom stereocenters. The molecule has 4 rings (SSSR count). The minimum absolute atomic E-state index is 0.0131. The van der Waals surface area contributed by atoms with Crippen molar-refractivity contribution < 1.29 is 23.1 Å². The van der Waals surface area contributed by atoms with Gasteiger partial charge in [-0.1, -0.05) is 23.7 Å². The molecule has 0 bridgehead atoms. The molecular weight excluding hydrogens is 397 g/mol. The van der Waals surface area contributed by atoms with E-state index in [1.54, 1.807) is 30.0 Å². The van der Waals surface area contributed by atoms with Crippen LogP contribution in [0.5, 0.6) is 0 Å². The number of aliphatic carboxylic acids is 1. The first-order valence-electron chi connectivity index (χ1n) is 8.55. The zero-order chi connectivity index (χ0) is 19.4. The van der Waals surface area contributed by atoms with Gasteiger partial charge in [-0.25, -0.2) is 0 Å². The van der Waals surface area contributed by atoms with Crippen molar-refractivity contribution >= 4 is 29.3 Å². The summed E-state index contributed by atoms with van der Waals surface area (Å²) in [7, 11) is 0. The lowest BCUT2D eigenvalue weighted by Crippen LogP contribution is -2.14. The number of thioether (sulfide) groups is 1. The van der Waals surface area contributed by atoms with Gasteiger partial charge in [0.05, 0.1) is 12.0 Å². The molecule has 2 aromatic rings. The van der Waals surface area contributed by atoms with Gasteiger partial charge >= 0.3 is 12.1 Å². The van der Waals surface area contributed by atoms with Gasteiger partial charge in [0, 0.05) is 20.6 Å². The zero-order valence-electron chi connectivity index (χ0n) is 14.1. The predicted octanol–water partition coefficient (Wildman–Crippen LogP) is 6.34. The van der Waals surface area contributed by atoms with Gasteiger partial charge in [-0.2, -0.15) is 13.2 Å². The smallest absolute Gasteiger partial charge is 0.416 e. The highest BCUT2D eigenvalue weighted by molar-refractivity contribution is 8.01. The van der Waals surface area contributed by atoms with Crippen LogP contribution in [0.25, 0.3) is 0 Å². The maximum absolute atomic E-state index is 13.0. The number of hydrogen-bond donors (Lipinski definition) is 1. The lowest BCUT2D eigenvalue weighted by molar-refractivity contribution is -0.138. The Labute approximate surface area is 163 Å². The second-order valence-corrected chi connectivity index (χ2v) is 9.12. The Kier molecular flexibility index (Phi) is 4.47. The lowest BCUT2D eigenvalue weighted by atomic mass is 9.89. The quantitative estimate of drug-likeness (QED) is 0.622.